The number of pyridine rings is 1. The zero-order chi connectivity index (χ0) is 19.4. The van der Waals surface area contributed by atoms with Crippen molar-refractivity contribution in [3.05, 3.63) is 77.5 Å². The van der Waals surface area contributed by atoms with Crippen molar-refractivity contribution in [1.82, 2.24) is 4.98 Å². The van der Waals surface area contributed by atoms with Gasteiger partial charge in [-0.2, -0.15) is 0 Å². The molecule has 0 fully saturated rings. The van der Waals surface area contributed by atoms with E-state index in [2.05, 4.69) is 10.3 Å². The summed E-state index contributed by atoms with van der Waals surface area (Å²) in [5.41, 5.74) is 2.43. The molecule has 1 N–H and O–H groups in total. The van der Waals surface area contributed by atoms with Crippen molar-refractivity contribution in [2.24, 2.45) is 0 Å². The molecule has 0 aliphatic rings. The van der Waals surface area contributed by atoms with Crippen LogP contribution in [0.2, 0.25) is 0 Å². The molecule has 1 heterocycles. The second-order valence-corrected chi connectivity index (χ2v) is 8.16. The van der Waals surface area contributed by atoms with Crippen molar-refractivity contribution in [3.63, 3.8) is 0 Å². The van der Waals surface area contributed by atoms with E-state index in [9.17, 15) is 8.42 Å². The molecule has 3 rings (SSSR count). The zero-order valence-electron chi connectivity index (χ0n) is 15.6. The Morgan fingerprint density at radius 3 is 2.30 bits per heavy atom. The molecular weight excluding hydrogens is 360 g/mol. The molecule has 27 heavy (non-hydrogen) atoms. The SMILES string of the molecule is COc1ccc(CNc2nc(C)cc(C)c2S(=O)(=O)c2ccccc2)cc1. The number of hydrogen-bond acceptors (Lipinski definition) is 5. The van der Waals surface area contributed by atoms with Gasteiger partial charge in [-0.15, -0.1) is 0 Å². The Hall–Kier alpha value is -2.86. The normalized spacial score (nSPS) is 11.2. The van der Waals surface area contributed by atoms with Gasteiger partial charge in [0.1, 0.15) is 16.5 Å². The van der Waals surface area contributed by atoms with Crippen LogP contribution in [0.15, 0.2) is 70.5 Å². The van der Waals surface area contributed by atoms with Crippen LogP contribution in [0, 0.1) is 13.8 Å². The molecule has 140 valence electrons. The zero-order valence-corrected chi connectivity index (χ0v) is 16.4. The Kier molecular flexibility index (Phi) is 5.46. The van der Waals surface area contributed by atoms with Gasteiger partial charge in [-0.1, -0.05) is 30.3 Å². The molecule has 0 radical (unpaired) electrons. The minimum atomic E-state index is -3.68. The van der Waals surface area contributed by atoms with Crippen LogP contribution in [0.1, 0.15) is 16.8 Å². The average molecular weight is 382 g/mol. The van der Waals surface area contributed by atoms with E-state index >= 15 is 0 Å². The van der Waals surface area contributed by atoms with Crippen LogP contribution >= 0.6 is 0 Å². The highest BCUT2D eigenvalue weighted by Crippen LogP contribution is 2.30. The number of anilines is 1. The lowest BCUT2D eigenvalue weighted by Gasteiger charge is -2.15. The second-order valence-electron chi connectivity index (χ2n) is 6.28. The van der Waals surface area contributed by atoms with Gasteiger partial charge < -0.3 is 10.1 Å². The van der Waals surface area contributed by atoms with E-state index in [0.717, 1.165) is 17.0 Å². The highest BCUT2D eigenvalue weighted by Gasteiger charge is 2.25. The minimum Gasteiger partial charge on any atom is -0.497 e. The molecule has 3 aromatic rings. The van der Waals surface area contributed by atoms with Gasteiger partial charge in [0, 0.05) is 12.2 Å². The Balaban J connectivity index is 1.97. The molecule has 0 amide bonds. The summed E-state index contributed by atoms with van der Waals surface area (Å²) in [5.74, 6) is 1.14. The lowest BCUT2D eigenvalue weighted by atomic mass is 10.2. The lowest BCUT2D eigenvalue weighted by Crippen LogP contribution is -2.12. The van der Waals surface area contributed by atoms with Gasteiger partial charge in [0.2, 0.25) is 9.84 Å². The Labute approximate surface area is 160 Å². The molecule has 0 spiro atoms. The van der Waals surface area contributed by atoms with Crippen molar-refractivity contribution in [1.29, 1.82) is 0 Å². The highest BCUT2D eigenvalue weighted by atomic mass is 32.2. The third-order valence-electron chi connectivity index (χ3n) is 4.23. The van der Waals surface area contributed by atoms with Crippen LogP contribution < -0.4 is 10.1 Å². The third-order valence-corrected chi connectivity index (χ3v) is 6.17. The minimum absolute atomic E-state index is 0.216. The molecule has 6 heteroatoms. The quantitative estimate of drug-likeness (QED) is 0.694. The molecule has 0 saturated carbocycles. The summed E-state index contributed by atoms with van der Waals surface area (Å²) in [6, 6.07) is 17.8. The molecule has 2 aromatic carbocycles. The van der Waals surface area contributed by atoms with Crippen LogP contribution in [0.25, 0.3) is 0 Å². The molecule has 1 aromatic heterocycles. The molecule has 5 nitrogen and oxygen atoms in total. The van der Waals surface area contributed by atoms with E-state index in [-0.39, 0.29) is 9.79 Å². The number of ether oxygens (including phenoxy) is 1. The van der Waals surface area contributed by atoms with Crippen molar-refractivity contribution in [2.75, 3.05) is 12.4 Å². The van der Waals surface area contributed by atoms with Crippen molar-refractivity contribution in [3.8, 4) is 5.75 Å². The number of methoxy groups -OCH3 is 1. The number of aromatic nitrogens is 1. The monoisotopic (exact) mass is 382 g/mol. The topological polar surface area (TPSA) is 68.3 Å². The van der Waals surface area contributed by atoms with E-state index in [1.54, 1.807) is 50.4 Å². The van der Waals surface area contributed by atoms with E-state index in [0.29, 0.717) is 17.9 Å². The van der Waals surface area contributed by atoms with Gasteiger partial charge in [0.15, 0.2) is 0 Å². The van der Waals surface area contributed by atoms with Crippen LogP contribution in [0.4, 0.5) is 5.82 Å². The summed E-state index contributed by atoms with van der Waals surface area (Å²) in [7, 11) is -2.06. The van der Waals surface area contributed by atoms with Crippen molar-refractivity contribution in [2.45, 2.75) is 30.2 Å². The molecule has 0 aliphatic carbocycles. The van der Waals surface area contributed by atoms with Gasteiger partial charge in [-0.25, -0.2) is 13.4 Å². The summed E-state index contributed by atoms with van der Waals surface area (Å²) < 4.78 is 31.5. The first-order chi connectivity index (χ1) is 12.9. The maximum Gasteiger partial charge on any atom is 0.210 e. The summed E-state index contributed by atoms with van der Waals surface area (Å²) in [4.78, 5) is 4.93. The van der Waals surface area contributed by atoms with Gasteiger partial charge >= 0.3 is 0 Å². The first-order valence-electron chi connectivity index (χ1n) is 8.57. The lowest BCUT2D eigenvalue weighted by molar-refractivity contribution is 0.414. The van der Waals surface area contributed by atoms with Crippen LogP contribution in [0.5, 0.6) is 5.75 Å². The Bertz CT molecular complexity index is 1030. The Morgan fingerprint density at radius 2 is 1.67 bits per heavy atom. The number of hydrogen-bond donors (Lipinski definition) is 1. The first-order valence-corrected chi connectivity index (χ1v) is 10.1. The predicted octanol–water partition coefficient (Wildman–Crippen LogP) is 4.15. The molecule has 0 bridgehead atoms. The van der Waals surface area contributed by atoms with E-state index in [1.165, 1.54) is 0 Å². The fraction of sp³-hybridized carbons (Fsp3) is 0.190. The number of rotatable bonds is 6. The smallest absolute Gasteiger partial charge is 0.210 e. The first kappa shape index (κ1) is 18.9. The third kappa shape index (κ3) is 4.11. The summed E-state index contributed by atoms with van der Waals surface area (Å²) in [6.45, 7) is 4.10. The van der Waals surface area contributed by atoms with Crippen LogP contribution in [-0.4, -0.2) is 20.5 Å². The summed E-state index contributed by atoms with van der Waals surface area (Å²) in [6.07, 6.45) is 0. The van der Waals surface area contributed by atoms with Crippen molar-refractivity contribution >= 4 is 15.7 Å². The number of nitrogens with zero attached hydrogens (tertiary/aromatic N) is 1. The molecule has 0 atom stereocenters. The molecule has 0 aliphatic heterocycles. The largest absolute Gasteiger partial charge is 0.497 e. The second kappa shape index (κ2) is 7.80. The van der Waals surface area contributed by atoms with Gasteiger partial charge in [-0.05, 0) is 55.3 Å². The number of aryl methyl sites for hydroxylation is 2. The summed E-state index contributed by atoms with van der Waals surface area (Å²) in [5, 5.41) is 3.19. The average Bonchev–Trinajstić information content (AvgIpc) is 2.66. The fourth-order valence-corrected chi connectivity index (χ4v) is 4.54. The maximum atomic E-state index is 13.2. The number of sulfone groups is 1. The highest BCUT2D eigenvalue weighted by molar-refractivity contribution is 7.91. The Morgan fingerprint density at radius 1 is 1.00 bits per heavy atom. The molecular formula is C21H22N2O3S. The van der Waals surface area contributed by atoms with Gasteiger partial charge in [0.25, 0.3) is 0 Å². The number of nitrogens with one attached hydrogen (secondary N) is 1. The maximum absolute atomic E-state index is 13.2. The van der Waals surface area contributed by atoms with Crippen LogP contribution in [-0.2, 0) is 16.4 Å². The predicted molar refractivity (Wildman–Crippen MR) is 106 cm³/mol. The van der Waals surface area contributed by atoms with Crippen LogP contribution in [0.3, 0.4) is 0 Å². The van der Waals surface area contributed by atoms with Gasteiger partial charge in [-0.3, -0.25) is 0 Å². The van der Waals surface area contributed by atoms with E-state index in [4.69, 9.17) is 4.74 Å². The summed E-state index contributed by atoms with van der Waals surface area (Å²) >= 11 is 0. The van der Waals surface area contributed by atoms with Crippen molar-refractivity contribution < 1.29 is 13.2 Å². The van der Waals surface area contributed by atoms with E-state index in [1.807, 2.05) is 31.2 Å². The molecule has 0 unspecified atom stereocenters. The van der Waals surface area contributed by atoms with E-state index < -0.39 is 9.84 Å². The fourth-order valence-electron chi connectivity index (χ4n) is 2.93. The molecule has 0 saturated heterocycles. The number of benzene rings is 2. The van der Waals surface area contributed by atoms with Gasteiger partial charge in [0.05, 0.1) is 12.0 Å². The standard InChI is InChI=1S/C21H22N2O3S/c1-15-13-16(2)23-21(22-14-17-9-11-18(26-3)12-10-17)20(15)27(24,25)19-7-5-4-6-8-19/h4-13H,14H2,1-3H3,(H,22,23).